The monoisotopic (exact) mass is 213 g/mol. The normalized spacial score (nSPS) is 14.8. The lowest BCUT2D eigenvalue weighted by Crippen LogP contribution is -2.15. The molecule has 1 nitrogen and oxygen atoms in total. The van der Waals surface area contributed by atoms with E-state index in [1.807, 2.05) is 0 Å². The fraction of sp³-hybridized carbons (Fsp3) is 0.333. The van der Waals surface area contributed by atoms with Gasteiger partial charge in [0.2, 0.25) is 0 Å². The van der Waals surface area contributed by atoms with Crippen molar-refractivity contribution in [2.45, 2.75) is 19.8 Å². The van der Waals surface area contributed by atoms with Crippen molar-refractivity contribution in [3.05, 3.63) is 48.1 Å². The van der Waals surface area contributed by atoms with E-state index in [1.54, 1.807) is 0 Å². The van der Waals surface area contributed by atoms with Crippen molar-refractivity contribution in [3.63, 3.8) is 0 Å². The van der Waals surface area contributed by atoms with Gasteiger partial charge in [0.05, 0.1) is 0 Å². The molecule has 2 rings (SSSR count). The van der Waals surface area contributed by atoms with E-state index in [0.29, 0.717) is 0 Å². The van der Waals surface area contributed by atoms with Gasteiger partial charge >= 0.3 is 0 Å². The predicted molar refractivity (Wildman–Crippen MR) is 71.7 cm³/mol. The van der Waals surface area contributed by atoms with Crippen LogP contribution in [0.15, 0.2) is 42.5 Å². The molecule has 0 radical (unpaired) electrons. The molecule has 0 saturated carbocycles. The summed E-state index contributed by atoms with van der Waals surface area (Å²) < 4.78 is 0. The van der Waals surface area contributed by atoms with E-state index in [9.17, 15) is 0 Å². The number of allylic oxidation sites excluding steroid dienone is 4. The molecule has 1 aliphatic carbocycles. The van der Waals surface area contributed by atoms with Crippen LogP contribution in [0.4, 0.5) is 5.69 Å². The highest BCUT2D eigenvalue weighted by Gasteiger charge is 2.05. The number of nitrogens with zero attached hydrogens (tertiary/aromatic N) is 1. The molecule has 0 heterocycles. The average molecular weight is 213 g/mol. The molecule has 1 heteroatoms. The van der Waals surface area contributed by atoms with E-state index in [4.69, 9.17) is 0 Å². The molecule has 0 aliphatic heterocycles. The lowest BCUT2D eigenvalue weighted by molar-refractivity contribution is 0.967. The fourth-order valence-corrected chi connectivity index (χ4v) is 1.97. The molecule has 1 aromatic rings. The molecule has 0 bridgehead atoms. The van der Waals surface area contributed by atoms with Crippen LogP contribution in [0.2, 0.25) is 0 Å². The Labute approximate surface area is 98.1 Å². The second-order valence-electron chi connectivity index (χ2n) is 4.22. The zero-order valence-electron chi connectivity index (χ0n) is 10.1. The third-order valence-electron chi connectivity index (χ3n) is 3.15. The van der Waals surface area contributed by atoms with Crippen LogP contribution in [0.3, 0.4) is 0 Å². The van der Waals surface area contributed by atoms with Crippen molar-refractivity contribution in [2.24, 2.45) is 0 Å². The molecule has 16 heavy (non-hydrogen) atoms. The van der Waals surface area contributed by atoms with E-state index in [0.717, 1.165) is 13.0 Å². The van der Waals surface area contributed by atoms with Crippen molar-refractivity contribution < 1.29 is 0 Å². The SMILES string of the molecule is CCN(C)c1cccc(C2=CC=CCC2)c1. The van der Waals surface area contributed by atoms with Crippen molar-refractivity contribution in [1.29, 1.82) is 0 Å². The largest absolute Gasteiger partial charge is 0.375 e. The van der Waals surface area contributed by atoms with Crippen LogP contribution in [0.25, 0.3) is 5.57 Å². The average Bonchev–Trinajstić information content (AvgIpc) is 2.39. The van der Waals surface area contributed by atoms with Gasteiger partial charge in [0.25, 0.3) is 0 Å². The Hall–Kier alpha value is -1.50. The van der Waals surface area contributed by atoms with Crippen LogP contribution >= 0.6 is 0 Å². The van der Waals surface area contributed by atoms with Crippen molar-refractivity contribution in [1.82, 2.24) is 0 Å². The van der Waals surface area contributed by atoms with Gasteiger partial charge in [-0.2, -0.15) is 0 Å². The molecule has 0 atom stereocenters. The highest BCUT2D eigenvalue weighted by atomic mass is 15.1. The summed E-state index contributed by atoms with van der Waals surface area (Å²) in [6.07, 6.45) is 8.95. The summed E-state index contributed by atoms with van der Waals surface area (Å²) in [6.45, 7) is 3.22. The van der Waals surface area contributed by atoms with Gasteiger partial charge in [0.1, 0.15) is 0 Å². The van der Waals surface area contributed by atoms with E-state index in [-0.39, 0.29) is 0 Å². The molecule has 0 aromatic heterocycles. The van der Waals surface area contributed by atoms with E-state index >= 15 is 0 Å². The minimum atomic E-state index is 1.04. The molecule has 84 valence electrons. The van der Waals surface area contributed by atoms with Crippen LogP contribution in [-0.4, -0.2) is 13.6 Å². The Morgan fingerprint density at radius 3 is 2.88 bits per heavy atom. The molecule has 1 aromatic carbocycles. The maximum atomic E-state index is 2.29. The molecule has 0 fully saturated rings. The first kappa shape index (κ1) is 11.0. The van der Waals surface area contributed by atoms with Crippen molar-refractivity contribution in [3.8, 4) is 0 Å². The van der Waals surface area contributed by atoms with Gasteiger partial charge in [-0.05, 0) is 43.0 Å². The zero-order valence-corrected chi connectivity index (χ0v) is 10.1. The zero-order chi connectivity index (χ0) is 11.4. The minimum absolute atomic E-state index is 1.04. The molecular weight excluding hydrogens is 194 g/mol. The summed E-state index contributed by atoms with van der Waals surface area (Å²) in [4.78, 5) is 2.27. The van der Waals surface area contributed by atoms with Gasteiger partial charge < -0.3 is 4.90 Å². The molecule has 0 spiro atoms. The number of hydrogen-bond acceptors (Lipinski definition) is 1. The van der Waals surface area contributed by atoms with E-state index < -0.39 is 0 Å². The molecule has 0 N–H and O–H groups in total. The van der Waals surface area contributed by atoms with Crippen LogP contribution in [0, 0.1) is 0 Å². The van der Waals surface area contributed by atoms with Crippen molar-refractivity contribution in [2.75, 3.05) is 18.5 Å². The quantitative estimate of drug-likeness (QED) is 0.736. The Morgan fingerprint density at radius 2 is 2.19 bits per heavy atom. The summed E-state index contributed by atoms with van der Waals surface area (Å²) in [7, 11) is 2.13. The van der Waals surface area contributed by atoms with Crippen LogP contribution in [-0.2, 0) is 0 Å². The summed E-state index contributed by atoms with van der Waals surface area (Å²) >= 11 is 0. The molecule has 0 unspecified atom stereocenters. The molecule has 0 amide bonds. The third kappa shape index (κ3) is 2.35. The van der Waals surface area contributed by atoms with Crippen LogP contribution in [0.1, 0.15) is 25.3 Å². The second kappa shape index (κ2) is 5.02. The first-order chi connectivity index (χ1) is 7.81. The number of benzene rings is 1. The molecule has 1 aliphatic rings. The summed E-state index contributed by atoms with van der Waals surface area (Å²) in [5.41, 5.74) is 4.12. The molecular formula is C15H19N. The maximum Gasteiger partial charge on any atom is 0.0369 e. The Morgan fingerprint density at radius 1 is 1.31 bits per heavy atom. The highest BCUT2D eigenvalue weighted by Crippen LogP contribution is 2.26. The maximum absolute atomic E-state index is 2.29. The van der Waals surface area contributed by atoms with Gasteiger partial charge in [-0.25, -0.2) is 0 Å². The fourth-order valence-electron chi connectivity index (χ4n) is 1.97. The second-order valence-corrected chi connectivity index (χ2v) is 4.22. The van der Waals surface area contributed by atoms with Crippen LogP contribution < -0.4 is 4.90 Å². The Balaban J connectivity index is 2.28. The van der Waals surface area contributed by atoms with E-state index in [1.165, 1.54) is 23.2 Å². The molecule has 0 saturated heterocycles. The standard InChI is InChI=1S/C15H19N/c1-3-16(2)15-11-7-10-14(12-15)13-8-5-4-6-9-13/h4-5,7-8,10-12H,3,6,9H2,1-2H3. The minimum Gasteiger partial charge on any atom is -0.375 e. The first-order valence-corrected chi connectivity index (χ1v) is 5.98. The summed E-state index contributed by atoms with van der Waals surface area (Å²) in [6, 6.07) is 8.81. The Bertz CT molecular complexity index is 415. The van der Waals surface area contributed by atoms with Gasteiger partial charge in [-0.3, -0.25) is 0 Å². The number of rotatable bonds is 3. The highest BCUT2D eigenvalue weighted by molar-refractivity contribution is 5.71. The predicted octanol–water partition coefficient (Wildman–Crippen LogP) is 3.88. The van der Waals surface area contributed by atoms with Gasteiger partial charge in [-0.1, -0.05) is 30.4 Å². The Kier molecular flexibility index (Phi) is 3.45. The first-order valence-electron chi connectivity index (χ1n) is 5.98. The summed E-state index contributed by atoms with van der Waals surface area (Å²) in [5, 5.41) is 0. The van der Waals surface area contributed by atoms with Gasteiger partial charge in [-0.15, -0.1) is 0 Å². The van der Waals surface area contributed by atoms with E-state index in [2.05, 4.69) is 61.4 Å². The van der Waals surface area contributed by atoms with Gasteiger partial charge in [0, 0.05) is 19.3 Å². The number of anilines is 1. The van der Waals surface area contributed by atoms with Gasteiger partial charge in [0.15, 0.2) is 0 Å². The topological polar surface area (TPSA) is 3.24 Å². The lowest BCUT2D eigenvalue weighted by Gasteiger charge is -2.18. The van der Waals surface area contributed by atoms with Crippen molar-refractivity contribution >= 4 is 11.3 Å². The lowest BCUT2D eigenvalue weighted by atomic mass is 9.97. The smallest absolute Gasteiger partial charge is 0.0369 e. The van der Waals surface area contributed by atoms with Crippen LogP contribution in [0.5, 0.6) is 0 Å². The summed E-state index contributed by atoms with van der Waals surface area (Å²) in [5.74, 6) is 0. The third-order valence-corrected chi connectivity index (χ3v) is 3.15. The number of hydrogen-bond donors (Lipinski definition) is 0.